The molecule has 1 aromatic rings. The van der Waals surface area contributed by atoms with Gasteiger partial charge in [-0.05, 0) is 44.5 Å². The van der Waals surface area contributed by atoms with E-state index in [1.807, 2.05) is 32.2 Å². The van der Waals surface area contributed by atoms with Gasteiger partial charge in [0, 0.05) is 19.6 Å². The molecule has 102 valence electrons. The van der Waals surface area contributed by atoms with Crippen molar-refractivity contribution >= 4 is 5.69 Å². The number of nitriles is 1. The lowest BCUT2D eigenvalue weighted by Crippen LogP contribution is -2.46. The Hall–Kier alpha value is -1.57. The summed E-state index contributed by atoms with van der Waals surface area (Å²) in [5.74, 6) is 0. The zero-order valence-corrected chi connectivity index (χ0v) is 11.6. The van der Waals surface area contributed by atoms with E-state index < -0.39 is 5.60 Å². The monoisotopic (exact) mass is 259 g/mol. The van der Waals surface area contributed by atoms with Crippen LogP contribution in [0.5, 0.6) is 0 Å². The Morgan fingerprint density at radius 2 is 2.32 bits per heavy atom. The molecule has 1 unspecified atom stereocenters. The third kappa shape index (κ3) is 3.25. The summed E-state index contributed by atoms with van der Waals surface area (Å²) in [7, 11) is 1.89. The molecule has 2 N–H and O–H groups in total. The molecule has 1 aliphatic rings. The molecule has 0 aliphatic carbocycles. The number of benzene rings is 1. The Kier molecular flexibility index (Phi) is 4.08. The molecule has 2 rings (SSSR count). The second-order valence-corrected chi connectivity index (χ2v) is 5.52. The van der Waals surface area contributed by atoms with Crippen molar-refractivity contribution in [3.63, 3.8) is 0 Å². The van der Waals surface area contributed by atoms with Gasteiger partial charge in [-0.2, -0.15) is 5.26 Å². The van der Waals surface area contributed by atoms with E-state index in [0.29, 0.717) is 12.1 Å². The van der Waals surface area contributed by atoms with Gasteiger partial charge in [0.2, 0.25) is 0 Å². The first-order valence-electron chi connectivity index (χ1n) is 6.71. The Morgan fingerprint density at radius 3 is 2.95 bits per heavy atom. The van der Waals surface area contributed by atoms with Gasteiger partial charge < -0.3 is 15.3 Å². The molecule has 0 bridgehead atoms. The van der Waals surface area contributed by atoms with Gasteiger partial charge in [-0.15, -0.1) is 0 Å². The fourth-order valence-corrected chi connectivity index (χ4v) is 2.69. The molecule has 1 saturated heterocycles. The largest absolute Gasteiger partial charge is 0.388 e. The van der Waals surface area contributed by atoms with Gasteiger partial charge in [0.15, 0.2) is 0 Å². The molecule has 0 saturated carbocycles. The number of hydrogen-bond acceptors (Lipinski definition) is 4. The van der Waals surface area contributed by atoms with Crippen molar-refractivity contribution in [2.24, 2.45) is 0 Å². The predicted molar refractivity (Wildman–Crippen MR) is 76.0 cm³/mol. The second-order valence-electron chi connectivity index (χ2n) is 5.52. The summed E-state index contributed by atoms with van der Waals surface area (Å²) < 4.78 is 0. The molecular weight excluding hydrogens is 238 g/mol. The molecule has 1 heterocycles. The third-order valence-corrected chi connectivity index (χ3v) is 3.58. The van der Waals surface area contributed by atoms with Crippen LogP contribution in [-0.4, -0.2) is 30.8 Å². The molecule has 4 nitrogen and oxygen atoms in total. The van der Waals surface area contributed by atoms with Crippen LogP contribution in [0.15, 0.2) is 18.2 Å². The van der Waals surface area contributed by atoms with E-state index in [1.54, 1.807) is 0 Å². The highest BCUT2D eigenvalue weighted by Crippen LogP contribution is 2.28. The van der Waals surface area contributed by atoms with Crippen LogP contribution in [0.2, 0.25) is 0 Å². The summed E-state index contributed by atoms with van der Waals surface area (Å²) >= 11 is 0. The van der Waals surface area contributed by atoms with Crippen LogP contribution < -0.4 is 10.2 Å². The fourth-order valence-electron chi connectivity index (χ4n) is 2.69. The summed E-state index contributed by atoms with van der Waals surface area (Å²) in [6, 6.07) is 8.22. The first-order valence-corrected chi connectivity index (χ1v) is 6.71. The van der Waals surface area contributed by atoms with Gasteiger partial charge in [-0.25, -0.2) is 0 Å². The number of nitrogens with one attached hydrogen (secondary N) is 1. The lowest BCUT2D eigenvalue weighted by molar-refractivity contribution is 0.0449. The SMILES string of the molecule is CNCc1ccc(N2CCCC(C)(O)C2)c(C#N)c1. The van der Waals surface area contributed by atoms with Crippen molar-refractivity contribution in [3.05, 3.63) is 29.3 Å². The summed E-state index contributed by atoms with van der Waals surface area (Å²) in [5, 5.41) is 22.6. The van der Waals surface area contributed by atoms with Crippen LogP contribution in [-0.2, 0) is 6.54 Å². The quantitative estimate of drug-likeness (QED) is 0.866. The number of hydrogen-bond donors (Lipinski definition) is 2. The average Bonchev–Trinajstić information content (AvgIpc) is 2.37. The van der Waals surface area contributed by atoms with E-state index in [4.69, 9.17) is 0 Å². The van der Waals surface area contributed by atoms with Crippen molar-refractivity contribution in [1.82, 2.24) is 5.32 Å². The van der Waals surface area contributed by atoms with E-state index in [1.165, 1.54) is 0 Å². The zero-order chi connectivity index (χ0) is 13.9. The first-order chi connectivity index (χ1) is 9.05. The molecule has 0 aromatic heterocycles. The molecule has 0 amide bonds. The standard InChI is InChI=1S/C15H21N3O/c1-15(19)6-3-7-18(11-15)14-5-4-12(10-17-2)8-13(14)9-16/h4-5,8,17,19H,3,6-7,10-11H2,1-2H3. The first kappa shape index (κ1) is 13.9. The smallest absolute Gasteiger partial charge is 0.101 e. The third-order valence-electron chi connectivity index (χ3n) is 3.58. The van der Waals surface area contributed by atoms with Crippen molar-refractivity contribution in [1.29, 1.82) is 5.26 Å². The van der Waals surface area contributed by atoms with Crippen LogP contribution in [0.4, 0.5) is 5.69 Å². The van der Waals surface area contributed by atoms with E-state index in [2.05, 4.69) is 16.3 Å². The predicted octanol–water partition coefficient (Wildman–Crippen LogP) is 1.63. The van der Waals surface area contributed by atoms with Gasteiger partial charge in [0.05, 0.1) is 16.9 Å². The molecular formula is C15H21N3O. The van der Waals surface area contributed by atoms with Crippen molar-refractivity contribution in [2.75, 3.05) is 25.0 Å². The minimum atomic E-state index is -0.658. The number of rotatable bonds is 3. The zero-order valence-electron chi connectivity index (χ0n) is 11.6. The van der Waals surface area contributed by atoms with Crippen LogP contribution in [0.25, 0.3) is 0 Å². The number of nitrogens with zero attached hydrogens (tertiary/aromatic N) is 2. The number of anilines is 1. The number of aliphatic hydroxyl groups is 1. The minimum Gasteiger partial charge on any atom is -0.388 e. The van der Waals surface area contributed by atoms with E-state index >= 15 is 0 Å². The molecule has 4 heteroatoms. The summed E-state index contributed by atoms with van der Waals surface area (Å²) in [5.41, 5.74) is 2.06. The van der Waals surface area contributed by atoms with E-state index in [-0.39, 0.29) is 0 Å². The van der Waals surface area contributed by atoms with Crippen molar-refractivity contribution in [3.8, 4) is 6.07 Å². The van der Waals surface area contributed by atoms with Gasteiger partial charge in [-0.1, -0.05) is 6.07 Å². The molecule has 1 fully saturated rings. The molecule has 19 heavy (non-hydrogen) atoms. The van der Waals surface area contributed by atoms with Crippen molar-refractivity contribution < 1.29 is 5.11 Å². The summed E-state index contributed by atoms with van der Waals surface area (Å²) in [6.45, 7) is 4.11. The maximum atomic E-state index is 10.2. The number of β-amino-alcohol motifs (C(OH)–C–C–N with tert-alkyl or cyclic N) is 1. The van der Waals surface area contributed by atoms with Gasteiger partial charge in [-0.3, -0.25) is 0 Å². The van der Waals surface area contributed by atoms with Crippen LogP contribution >= 0.6 is 0 Å². The minimum absolute atomic E-state index is 0.590. The molecule has 1 aliphatic heterocycles. The number of piperidine rings is 1. The molecule has 0 spiro atoms. The van der Waals surface area contributed by atoms with Gasteiger partial charge in [0.1, 0.15) is 6.07 Å². The Morgan fingerprint density at radius 1 is 1.53 bits per heavy atom. The summed E-state index contributed by atoms with van der Waals surface area (Å²) in [4.78, 5) is 2.12. The van der Waals surface area contributed by atoms with E-state index in [0.717, 1.165) is 37.2 Å². The van der Waals surface area contributed by atoms with Crippen LogP contribution in [0.3, 0.4) is 0 Å². The maximum absolute atomic E-state index is 10.2. The Labute approximate surface area is 114 Å². The lowest BCUT2D eigenvalue weighted by atomic mass is 9.94. The highest BCUT2D eigenvalue weighted by Gasteiger charge is 2.29. The molecule has 0 radical (unpaired) electrons. The highest BCUT2D eigenvalue weighted by atomic mass is 16.3. The highest BCUT2D eigenvalue weighted by molar-refractivity contribution is 5.61. The Bertz CT molecular complexity index is 491. The maximum Gasteiger partial charge on any atom is 0.101 e. The van der Waals surface area contributed by atoms with E-state index in [9.17, 15) is 10.4 Å². The van der Waals surface area contributed by atoms with Crippen LogP contribution in [0, 0.1) is 11.3 Å². The van der Waals surface area contributed by atoms with Gasteiger partial charge in [0.25, 0.3) is 0 Å². The normalized spacial score (nSPS) is 23.2. The second kappa shape index (κ2) is 5.60. The lowest BCUT2D eigenvalue weighted by Gasteiger charge is -2.38. The van der Waals surface area contributed by atoms with Crippen molar-refractivity contribution in [2.45, 2.75) is 31.9 Å². The topological polar surface area (TPSA) is 59.3 Å². The fraction of sp³-hybridized carbons (Fsp3) is 0.533. The average molecular weight is 259 g/mol. The molecule has 1 atom stereocenters. The summed E-state index contributed by atoms with van der Waals surface area (Å²) in [6.07, 6.45) is 1.78. The Balaban J connectivity index is 2.27. The van der Waals surface area contributed by atoms with Gasteiger partial charge >= 0.3 is 0 Å². The van der Waals surface area contributed by atoms with Crippen LogP contribution in [0.1, 0.15) is 30.9 Å². The molecule has 1 aromatic carbocycles.